The number of nitrogens with zero attached hydrogens (tertiary/aromatic N) is 1. The van der Waals surface area contributed by atoms with Crippen LogP contribution in [-0.4, -0.2) is 31.3 Å². The molecule has 1 aromatic heterocycles. The third kappa shape index (κ3) is 6.45. The fraction of sp³-hybridized carbons (Fsp3) is 0.643. The average Bonchev–Trinajstić information content (AvgIpc) is 2.36. The van der Waals surface area contributed by atoms with Gasteiger partial charge < -0.3 is 14.8 Å². The number of pyridine rings is 1. The van der Waals surface area contributed by atoms with Crippen molar-refractivity contribution in [1.29, 1.82) is 0 Å². The van der Waals surface area contributed by atoms with E-state index in [2.05, 4.69) is 31.1 Å². The molecule has 0 aliphatic heterocycles. The molecule has 18 heavy (non-hydrogen) atoms. The van der Waals surface area contributed by atoms with Crippen molar-refractivity contribution in [2.45, 2.75) is 27.2 Å². The van der Waals surface area contributed by atoms with Gasteiger partial charge in [0.1, 0.15) is 18.2 Å². The number of hydrogen-bond donors (Lipinski definition) is 1. The summed E-state index contributed by atoms with van der Waals surface area (Å²) < 4.78 is 11.1. The molecule has 0 spiro atoms. The second kappa shape index (κ2) is 8.75. The first-order valence-electron chi connectivity index (χ1n) is 6.62. The van der Waals surface area contributed by atoms with Crippen molar-refractivity contribution in [1.82, 2.24) is 4.98 Å². The van der Waals surface area contributed by atoms with Crippen molar-refractivity contribution in [3.05, 3.63) is 18.3 Å². The molecule has 0 radical (unpaired) electrons. The first kappa shape index (κ1) is 14.8. The smallest absolute Gasteiger partial charge is 0.129 e. The van der Waals surface area contributed by atoms with Crippen molar-refractivity contribution in [2.24, 2.45) is 5.92 Å². The molecule has 0 aliphatic carbocycles. The van der Waals surface area contributed by atoms with Crippen molar-refractivity contribution >= 4 is 5.82 Å². The molecule has 0 amide bonds. The van der Waals surface area contributed by atoms with Crippen molar-refractivity contribution in [3.63, 3.8) is 0 Å². The molecule has 1 rings (SSSR count). The summed E-state index contributed by atoms with van der Waals surface area (Å²) in [5.74, 6) is 2.25. The van der Waals surface area contributed by atoms with Crippen LogP contribution in [0.15, 0.2) is 18.3 Å². The summed E-state index contributed by atoms with van der Waals surface area (Å²) >= 11 is 0. The fourth-order valence-electron chi connectivity index (χ4n) is 1.39. The van der Waals surface area contributed by atoms with Crippen LogP contribution < -0.4 is 10.1 Å². The van der Waals surface area contributed by atoms with E-state index in [0.29, 0.717) is 19.1 Å². The Morgan fingerprint density at radius 2 is 2.17 bits per heavy atom. The normalized spacial score (nSPS) is 10.7. The van der Waals surface area contributed by atoms with Gasteiger partial charge in [-0.05, 0) is 18.4 Å². The lowest BCUT2D eigenvalue weighted by Gasteiger charge is -2.10. The molecule has 4 heteroatoms. The topological polar surface area (TPSA) is 43.4 Å². The van der Waals surface area contributed by atoms with E-state index in [1.807, 2.05) is 12.1 Å². The van der Waals surface area contributed by atoms with E-state index >= 15 is 0 Å². The Bertz CT molecular complexity index is 329. The number of hydrogen-bond acceptors (Lipinski definition) is 4. The molecule has 1 N–H and O–H groups in total. The molecule has 0 bridgehead atoms. The quantitative estimate of drug-likeness (QED) is 0.686. The highest BCUT2D eigenvalue weighted by Crippen LogP contribution is 2.14. The van der Waals surface area contributed by atoms with E-state index in [9.17, 15) is 0 Å². The zero-order chi connectivity index (χ0) is 13.2. The maximum atomic E-state index is 5.60. The zero-order valence-electron chi connectivity index (χ0n) is 11.6. The molecule has 102 valence electrons. The predicted molar refractivity (Wildman–Crippen MR) is 74.2 cm³/mol. The molecule has 1 heterocycles. The number of anilines is 1. The maximum absolute atomic E-state index is 5.60. The number of aromatic nitrogens is 1. The van der Waals surface area contributed by atoms with Crippen LogP contribution in [-0.2, 0) is 4.74 Å². The molecular formula is C14H24N2O2. The highest BCUT2D eigenvalue weighted by Gasteiger charge is 1.98. The minimum atomic E-state index is 0.566. The van der Waals surface area contributed by atoms with Gasteiger partial charge in [0.2, 0.25) is 0 Å². The molecule has 0 saturated carbocycles. The van der Waals surface area contributed by atoms with Crippen LogP contribution in [0, 0.1) is 5.92 Å². The average molecular weight is 252 g/mol. The number of ether oxygens (including phenoxy) is 2. The highest BCUT2D eigenvalue weighted by molar-refractivity contribution is 5.40. The second-order valence-corrected chi connectivity index (χ2v) is 4.62. The minimum absolute atomic E-state index is 0.566. The van der Waals surface area contributed by atoms with Crippen LogP contribution in [0.5, 0.6) is 5.75 Å². The van der Waals surface area contributed by atoms with Crippen LogP contribution in [0.25, 0.3) is 0 Å². The Kier molecular flexibility index (Phi) is 7.18. The van der Waals surface area contributed by atoms with Gasteiger partial charge in [0.05, 0.1) is 6.61 Å². The molecule has 0 saturated heterocycles. The standard InChI is InChI=1S/C14H24N2O2/c1-4-6-15-14-10-13(5-7-16-14)18-9-8-17-11-12(2)3/h5,7,10,12H,4,6,8-9,11H2,1-3H3,(H,15,16). The van der Waals surface area contributed by atoms with E-state index in [-0.39, 0.29) is 0 Å². The van der Waals surface area contributed by atoms with Crippen LogP contribution >= 0.6 is 0 Å². The molecule has 1 aromatic rings. The lowest BCUT2D eigenvalue weighted by atomic mass is 10.2. The molecule has 4 nitrogen and oxygen atoms in total. The molecule has 0 unspecified atom stereocenters. The Balaban J connectivity index is 2.24. The summed E-state index contributed by atoms with van der Waals surface area (Å²) in [7, 11) is 0. The highest BCUT2D eigenvalue weighted by atomic mass is 16.5. The Hall–Kier alpha value is -1.29. The van der Waals surface area contributed by atoms with Crippen LogP contribution in [0.2, 0.25) is 0 Å². The van der Waals surface area contributed by atoms with Gasteiger partial charge in [-0.3, -0.25) is 0 Å². The van der Waals surface area contributed by atoms with E-state index < -0.39 is 0 Å². The Morgan fingerprint density at radius 1 is 1.33 bits per heavy atom. The molecule has 0 aromatic carbocycles. The maximum Gasteiger partial charge on any atom is 0.129 e. The fourth-order valence-corrected chi connectivity index (χ4v) is 1.39. The largest absolute Gasteiger partial charge is 0.491 e. The predicted octanol–water partition coefficient (Wildman–Crippen LogP) is 2.95. The van der Waals surface area contributed by atoms with E-state index in [1.165, 1.54) is 0 Å². The summed E-state index contributed by atoms with van der Waals surface area (Å²) in [5, 5.41) is 3.23. The van der Waals surface area contributed by atoms with Gasteiger partial charge >= 0.3 is 0 Å². The zero-order valence-corrected chi connectivity index (χ0v) is 11.6. The summed E-state index contributed by atoms with van der Waals surface area (Å²) in [6, 6.07) is 3.78. The first-order valence-corrected chi connectivity index (χ1v) is 6.62. The lowest BCUT2D eigenvalue weighted by Crippen LogP contribution is -2.10. The summed E-state index contributed by atoms with van der Waals surface area (Å²) in [4.78, 5) is 4.22. The molecule has 0 atom stereocenters. The number of rotatable bonds is 9. The summed E-state index contributed by atoms with van der Waals surface area (Å²) in [5.41, 5.74) is 0. The minimum Gasteiger partial charge on any atom is -0.491 e. The van der Waals surface area contributed by atoms with Gasteiger partial charge in [-0.1, -0.05) is 20.8 Å². The monoisotopic (exact) mass is 252 g/mol. The Morgan fingerprint density at radius 3 is 2.89 bits per heavy atom. The number of nitrogens with one attached hydrogen (secondary N) is 1. The van der Waals surface area contributed by atoms with E-state index in [4.69, 9.17) is 9.47 Å². The third-order valence-corrected chi connectivity index (χ3v) is 2.24. The SMILES string of the molecule is CCCNc1cc(OCCOCC(C)C)ccn1. The third-order valence-electron chi connectivity index (χ3n) is 2.24. The van der Waals surface area contributed by atoms with Gasteiger partial charge in [0, 0.05) is 25.4 Å². The van der Waals surface area contributed by atoms with Crippen molar-refractivity contribution in [2.75, 3.05) is 31.7 Å². The van der Waals surface area contributed by atoms with Crippen molar-refractivity contribution < 1.29 is 9.47 Å². The van der Waals surface area contributed by atoms with E-state index in [1.54, 1.807) is 6.20 Å². The lowest BCUT2D eigenvalue weighted by molar-refractivity contribution is 0.0819. The molecular weight excluding hydrogens is 228 g/mol. The van der Waals surface area contributed by atoms with Gasteiger partial charge in [-0.15, -0.1) is 0 Å². The summed E-state index contributed by atoms with van der Waals surface area (Å²) in [6.45, 7) is 9.29. The van der Waals surface area contributed by atoms with Crippen LogP contribution in [0.3, 0.4) is 0 Å². The summed E-state index contributed by atoms with van der Waals surface area (Å²) in [6.07, 6.45) is 2.83. The molecule has 0 aliphatic rings. The second-order valence-electron chi connectivity index (χ2n) is 4.62. The molecule has 0 fully saturated rings. The van der Waals surface area contributed by atoms with E-state index in [0.717, 1.165) is 31.1 Å². The van der Waals surface area contributed by atoms with Crippen LogP contribution in [0.1, 0.15) is 27.2 Å². The van der Waals surface area contributed by atoms with Crippen molar-refractivity contribution in [3.8, 4) is 5.75 Å². The van der Waals surface area contributed by atoms with Gasteiger partial charge in [0.15, 0.2) is 0 Å². The Labute approximate surface area is 110 Å². The van der Waals surface area contributed by atoms with Crippen LogP contribution in [0.4, 0.5) is 5.82 Å². The van der Waals surface area contributed by atoms with Gasteiger partial charge in [-0.25, -0.2) is 4.98 Å². The van der Waals surface area contributed by atoms with Gasteiger partial charge in [-0.2, -0.15) is 0 Å². The van der Waals surface area contributed by atoms with Gasteiger partial charge in [0.25, 0.3) is 0 Å². The first-order chi connectivity index (χ1) is 8.72.